The summed E-state index contributed by atoms with van der Waals surface area (Å²) in [4.78, 5) is 8.39. The highest BCUT2D eigenvalue weighted by atomic mass is 79.9. The molecule has 0 aliphatic rings. The minimum atomic E-state index is -2.95. The minimum Gasteiger partial charge on any atom is -0.294 e. The maximum Gasteiger partial charge on any atom is 0.301 e. The summed E-state index contributed by atoms with van der Waals surface area (Å²) in [5, 5.41) is 0. The van der Waals surface area contributed by atoms with E-state index in [-0.39, 0.29) is 12.2 Å². The van der Waals surface area contributed by atoms with E-state index in [4.69, 9.17) is 0 Å². The average molecular weight is 263 g/mol. The lowest BCUT2D eigenvalue weighted by Gasteiger charge is -2.06. The van der Waals surface area contributed by atoms with E-state index in [0.29, 0.717) is 5.56 Å². The first kappa shape index (κ1) is 11.3. The van der Waals surface area contributed by atoms with Gasteiger partial charge < -0.3 is 0 Å². The lowest BCUT2D eigenvalue weighted by Crippen LogP contribution is -2.08. The Hall–Kier alpha value is -0.770. The van der Waals surface area contributed by atoms with Crippen molar-refractivity contribution in [1.82, 2.24) is 0 Å². The van der Waals surface area contributed by atoms with Gasteiger partial charge in [-0.2, -0.15) is 8.78 Å². The van der Waals surface area contributed by atoms with Crippen molar-refractivity contribution in [2.75, 3.05) is 0 Å². The van der Waals surface area contributed by atoms with Crippen molar-refractivity contribution in [3.8, 4) is 0 Å². The third-order valence-corrected chi connectivity index (χ3v) is 2.13. The molecule has 0 aliphatic carbocycles. The number of hydrogen-bond donors (Lipinski definition) is 0. The molecule has 0 saturated carbocycles. The number of benzene rings is 1. The van der Waals surface area contributed by atoms with Crippen LogP contribution in [0.3, 0.4) is 0 Å². The minimum absolute atomic E-state index is 0.151. The van der Waals surface area contributed by atoms with Crippen LogP contribution in [0.1, 0.15) is 23.2 Å². The van der Waals surface area contributed by atoms with Gasteiger partial charge in [0, 0.05) is 18.4 Å². The maximum atomic E-state index is 12.4. The van der Waals surface area contributed by atoms with Gasteiger partial charge in [-0.25, -0.2) is 0 Å². The summed E-state index contributed by atoms with van der Waals surface area (Å²) >= 11 is 2.19. The first-order valence-corrected chi connectivity index (χ1v) is 4.93. The average Bonchev–Trinajstić information content (AvgIpc) is 2.14. The van der Waals surface area contributed by atoms with E-state index in [2.05, 4.69) is 15.9 Å². The quantitative estimate of drug-likeness (QED) is 0.598. The van der Waals surface area contributed by atoms with E-state index in [1.807, 2.05) is 0 Å². The first-order valence-electron chi connectivity index (χ1n) is 4.14. The van der Waals surface area contributed by atoms with Gasteiger partial charge in [0.25, 0.3) is 0 Å². The lowest BCUT2D eigenvalue weighted by atomic mass is 10.1. The molecule has 1 nitrogen and oxygen atoms in total. The summed E-state index contributed by atoms with van der Waals surface area (Å²) in [5.41, 5.74) is 0.476. The summed E-state index contributed by atoms with van der Waals surface area (Å²) in [6.45, 7) is 0. The summed E-state index contributed by atoms with van der Waals surface area (Å²) in [5.74, 6) is -0.260. The molecule has 0 spiro atoms. The Bertz CT molecular complexity index is 306. The van der Waals surface area contributed by atoms with E-state index in [9.17, 15) is 13.6 Å². The standard InChI is InChI=1S/C10H9BrF2O/c11-10(12,13)7-6-9(14)8-4-2-1-3-5-8/h1-5H,6-7H2. The predicted molar refractivity (Wildman–Crippen MR) is 53.9 cm³/mol. The second-order valence-electron chi connectivity index (χ2n) is 2.90. The van der Waals surface area contributed by atoms with Crippen molar-refractivity contribution in [3.63, 3.8) is 0 Å². The number of carbonyl (C=O) groups excluding carboxylic acids is 1. The molecular weight excluding hydrogens is 254 g/mol. The number of hydrogen-bond acceptors (Lipinski definition) is 1. The molecule has 0 unspecified atom stereocenters. The van der Waals surface area contributed by atoms with Gasteiger partial charge in [0.1, 0.15) is 0 Å². The fourth-order valence-electron chi connectivity index (χ4n) is 1.02. The van der Waals surface area contributed by atoms with Crippen LogP contribution in [-0.4, -0.2) is 10.6 Å². The number of carbonyl (C=O) groups is 1. The van der Waals surface area contributed by atoms with Crippen molar-refractivity contribution in [1.29, 1.82) is 0 Å². The molecule has 0 fully saturated rings. The summed E-state index contributed by atoms with van der Waals surface area (Å²) < 4.78 is 24.7. The van der Waals surface area contributed by atoms with E-state index < -0.39 is 11.3 Å². The van der Waals surface area contributed by atoms with Crippen molar-refractivity contribution in [2.45, 2.75) is 17.7 Å². The number of rotatable bonds is 4. The molecule has 0 heterocycles. The monoisotopic (exact) mass is 262 g/mol. The van der Waals surface area contributed by atoms with Crippen LogP contribution in [-0.2, 0) is 0 Å². The number of ketones is 1. The van der Waals surface area contributed by atoms with Gasteiger partial charge in [0.15, 0.2) is 5.78 Å². The summed E-state index contributed by atoms with van der Waals surface area (Å²) in [6.07, 6.45) is -0.622. The summed E-state index contributed by atoms with van der Waals surface area (Å²) in [7, 11) is 0. The molecule has 0 aromatic heterocycles. The zero-order valence-corrected chi connectivity index (χ0v) is 8.93. The highest BCUT2D eigenvalue weighted by Crippen LogP contribution is 2.27. The zero-order valence-electron chi connectivity index (χ0n) is 7.34. The van der Waals surface area contributed by atoms with E-state index in [0.717, 1.165) is 0 Å². The van der Waals surface area contributed by atoms with Crippen LogP contribution < -0.4 is 0 Å². The fraction of sp³-hybridized carbons (Fsp3) is 0.300. The maximum absolute atomic E-state index is 12.4. The van der Waals surface area contributed by atoms with Gasteiger partial charge in [-0.05, 0) is 15.9 Å². The Morgan fingerprint density at radius 3 is 2.36 bits per heavy atom. The molecule has 1 aromatic carbocycles. The van der Waals surface area contributed by atoms with Gasteiger partial charge in [0.05, 0.1) is 0 Å². The van der Waals surface area contributed by atoms with Crippen molar-refractivity contribution in [3.05, 3.63) is 35.9 Å². The molecule has 0 aliphatic heterocycles. The van der Waals surface area contributed by atoms with Crippen LogP contribution in [0.2, 0.25) is 0 Å². The van der Waals surface area contributed by atoms with Gasteiger partial charge >= 0.3 is 4.83 Å². The second kappa shape index (κ2) is 4.64. The molecule has 0 radical (unpaired) electrons. The van der Waals surface area contributed by atoms with E-state index >= 15 is 0 Å². The van der Waals surface area contributed by atoms with Crippen molar-refractivity contribution in [2.24, 2.45) is 0 Å². The highest BCUT2D eigenvalue weighted by Gasteiger charge is 2.24. The highest BCUT2D eigenvalue weighted by molar-refractivity contribution is 9.09. The zero-order chi connectivity index (χ0) is 10.6. The van der Waals surface area contributed by atoms with Gasteiger partial charge in [0.2, 0.25) is 0 Å². The third-order valence-electron chi connectivity index (χ3n) is 1.73. The topological polar surface area (TPSA) is 17.1 Å². The number of alkyl halides is 3. The van der Waals surface area contributed by atoms with Crippen molar-refractivity contribution >= 4 is 21.7 Å². The van der Waals surface area contributed by atoms with Crippen LogP contribution >= 0.6 is 15.9 Å². The molecule has 76 valence electrons. The van der Waals surface area contributed by atoms with Crippen LogP contribution in [0.25, 0.3) is 0 Å². The van der Waals surface area contributed by atoms with Gasteiger partial charge in [-0.1, -0.05) is 30.3 Å². The first-order chi connectivity index (χ1) is 6.49. The smallest absolute Gasteiger partial charge is 0.294 e. The summed E-state index contributed by atoms with van der Waals surface area (Å²) in [6, 6.07) is 8.43. The molecule has 14 heavy (non-hydrogen) atoms. The normalized spacial score (nSPS) is 11.4. The van der Waals surface area contributed by atoms with E-state index in [1.165, 1.54) is 0 Å². The predicted octanol–water partition coefficient (Wildman–Crippen LogP) is 3.64. The second-order valence-corrected chi connectivity index (χ2v) is 4.06. The molecule has 0 atom stereocenters. The molecule has 0 N–H and O–H groups in total. The molecule has 4 heteroatoms. The fourth-order valence-corrected chi connectivity index (χ4v) is 1.22. The Morgan fingerprint density at radius 1 is 1.29 bits per heavy atom. The molecule has 0 amide bonds. The van der Waals surface area contributed by atoms with Crippen LogP contribution in [0.4, 0.5) is 8.78 Å². The largest absolute Gasteiger partial charge is 0.301 e. The Labute approximate surface area is 89.3 Å². The SMILES string of the molecule is O=C(CCC(F)(F)Br)c1ccccc1. The third kappa shape index (κ3) is 3.96. The molecule has 1 aromatic rings. The van der Waals surface area contributed by atoms with Crippen molar-refractivity contribution < 1.29 is 13.6 Å². The Kier molecular flexibility index (Phi) is 3.75. The molecule has 0 saturated heterocycles. The number of halogens is 3. The van der Waals surface area contributed by atoms with Crippen LogP contribution in [0.5, 0.6) is 0 Å². The van der Waals surface area contributed by atoms with Crippen LogP contribution in [0, 0.1) is 0 Å². The molecular formula is C10H9BrF2O. The van der Waals surface area contributed by atoms with Crippen LogP contribution in [0.15, 0.2) is 30.3 Å². The van der Waals surface area contributed by atoms with Gasteiger partial charge in [-0.3, -0.25) is 4.79 Å². The molecule has 0 bridgehead atoms. The Balaban J connectivity index is 2.52. The van der Waals surface area contributed by atoms with Gasteiger partial charge in [-0.15, -0.1) is 0 Å². The lowest BCUT2D eigenvalue weighted by molar-refractivity contribution is 0.0827. The molecule has 1 rings (SSSR count). The number of Topliss-reactive ketones (excluding diaryl/α,β-unsaturated/α-hetero) is 1. The van der Waals surface area contributed by atoms with E-state index in [1.54, 1.807) is 30.3 Å². The Morgan fingerprint density at radius 2 is 1.86 bits per heavy atom.